The number of hydrogen-bond donors (Lipinski definition) is 1. The molecule has 2 aliphatic rings. The Hall–Kier alpha value is -2.81. The van der Waals surface area contributed by atoms with Crippen LogP contribution >= 0.6 is 0 Å². The summed E-state index contributed by atoms with van der Waals surface area (Å²) < 4.78 is 18.3. The van der Waals surface area contributed by atoms with Crippen LogP contribution in [0.5, 0.6) is 11.5 Å². The summed E-state index contributed by atoms with van der Waals surface area (Å²) in [5.74, 6) is 1.19. The van der Waals surface area contributed by atoms with Crippen molar-refractivity contribution in [1.82, 2.24) is 19.7 Å². The Bertz CT molecular complexity index is 956. The molecule has 2 aromatic rings. The van der Waals surface area contributed by atoms with E-state index in [2.05, 4.69) is 10.1 Å². The van der Waals surface area contributed by atoms with Crippen LogP contribution in [0.15, 0.2) is 16.9 Å². The third-order valence-electron chi connectivity index (χ3n) is 5.68. The summed E-state index contributed by atoms with van der Waals surface area (Å²) in [6.07, 6.45) is 2.14. The van der Waals surface area contributed by atoms with E-state index < -0.39 is 11.3 Å². The zero-order chi connectivity index (χ0) is 19.9. The molecule has 0 bridgehead atoms. The highest BCUT2D eigenvalue weighted by Crippen LogP contribution is 2.45. The van der Waals surface area contributed by atoms with E-state index in [9.17, 15) is 9.59 Å². The van der Waals surface area contributed by atoms with Crippen molar-refractivity contribution in [1.29, 1.82) is 0 Å². The number of nitrogens with one attached hydrogen (secondary N) is 1. The number of aromatic amines is 1. The van der Waals surface area contributed by atoms with Crippen molar-refractivity contribution >= 4 is 5.91 Å². The summed E-state index contributed by atoms with van der Waals surface area (Å²) >= 11 is 0. The number of aryl methyl sites for hydroxylation is 1. The number of fused-ring (bicyclic) bond motifs is 2. The van der Waals surface area contributed by atoms with Crippen LogP contribution in [0.3, 0.4) is 0 Å². The van der Waals surface area contributed by atoms with E-state index >= 15 is 0 Å². The summed E-state index contributed by atoms with van der Waals surface area (Å²) in [6.45, 7) is 1.67. The molecule has 9 nitrogen and oxygen atoms in total. The fourth-order valence-electron chi connectivity index (χ4n) is 4.12. The van der Waals surface area contributed by atoms with E-state index in [-0.39, 0.29) is 11.7 Å². The van der Waals surface area contributed by atoms with Gasteiger partial charge in [0.25, 0.3) is 5.91 Å². The molecule has 1 amide bonds. The highest BCUT2D eigenvalue weighted by Gasteiger charge is 2.42. The zero-order valence-electron chi connectivity index (χ0n) is 16.3. The second-order valence-electron chi connectivity index (χ2n) is 7.15. The lowest BCUT2D eigenvalue weighted by Crippen LogP contribution is -2.48. The smallest absolute Gasteiger partial charge is 0.343 e. The molecule has 1 fully saturated rings. The van der Waals surface area contributed by atoms with Gasteiger partial charge in [0.05, 0.1) is 26.4 Å². The van der Waals surface area contributed by atoms with Gasteiger partial charge in [-0.25, -0.2) is 9.48 Å². The zero-order valence-corrected chi connectivity index (χ0v) is 16.3. The summed E-state index contributed by atoms with van der Waals surface area (Å²) in [5.41, 5.74) is 1.46. The maximum absolute atomic E-state index is 12.7. The van der Waals surface area contributed by atoms with Crippen molar-refractivity contribution in [2.75, 3.05) is 33.9 Å². The molecule has 4 rings (SSSR count). The molecule has 1 N–H and O–H groups in total. The number of amides is 1. The summed E-state index contributed by atoms with van der Waals surface area (Å²) in [4.78, 5) is 28.4. The molecule has 9 heteroatoms. The monoisotopic (exact) mass is 388 g/mol. The molecule has 0 aliphatic carbocycles. The number of aromatic nitrogens is 3. The van der Waals surface area contributed by atoms with Crippen molar-refractivity contribution in [3.63, 3.8) is 0 Å². The van der Waals surface area contributed by atoms with Gasteiger partial charge in [-0.05, 0) is 42.5 Å². The van der Waals surface area contributed by atoms with Gasteiger partial charge in [0.2, 0.25) is 5.82 Å². The molecule has 1 spiro atoms. The number of piperidine rings is 1. The topological polar surface area (TPSA) is 98.7 Å². The highest BCUT2D eigenvalue weighted by molar-refractivity contribution is 5.90. The Labute approximate surface area is 162 Å². The van der Waals surface area contributed by atoms with Crippen LogP contribution in [0, 0.1) is 0 Å². The molecule has 1 saturated heterocycles. The number of rotatable bonds is 3. The summed E-state index contributed by atoms with van der Waals surface area (Å²) in [5, 5.41) is 3.96. The number of carbonyl (C=O) groups is 1. The standard InChI is InChI=1S/C19H24N4O5/c1-22-18(25)20-16(21-22)17(24)23-7-5-19(6-8-23)13-11-15(27-3)14(26-2)10-12(13)4-9-28-19/h10-11H,4-9H2,1-3H3,(H,20,21,25). The first-order valence-corrected chi connectivity index (χ1v) is 9.29. The van der Waals surface area contributed by atoms with Gasteiger partial charge in [-0.3, -0.25) is 9.78 Å². The van der Waals surface area contributed by atoms with Crippen LogP contribution in [0.25, 0.3) is 0 Å². The molecular weight excluding hydrogens is 364 g/mol. The van der Waals surface area contributed by atoms with Crippen molar-refractivity contribution in [2.24, 2.45) is 7.05 Å². The van der Waals surface area contributed by atoms with Gasteiger partial charge in [0.15, 0.2) is 11.5 Å². The van der Waals surface area contributed by atoms with Crippen LogP contribution in [0.4, 0.5) is 0 Å². The molecule has 1 aromatic carbocycles. The van der Waals surface area contributed by atoms with Gasteiger partial charge in [-0.1, -0.05) is 0 Å². The second-order valence-corrected chi connectivity index (χ2v) is 7.15. The number of likely N-dealkylation sites (tertiary alicyclic amines) is 1. The minimum absolute atomic E-state index is 0.0693. The van der Waals surface area contributed by atoms with E-state index in [1.165, 1.54) is 12.6 Å². The maximum Gasteiger partial charge on any atom is 0.343 e. The quantitative estimate of drug-likeness (QED) is 0.836. The third-order valence-corrected chi connectivity index (χ3v) is 5.68. The van der Waals surface area contributed by atoms with Gasteiger partial charge in [0, 0.05) is 20.1 Å². The average molecular weight is 388 g/mol. The first-order chi connectivity index (χ1) is 13.5. The molecule has 0 atom stereocenters. The predicted molar refractivity (Wildman–Crippen MR) is 99.8 cm³/mol. The molecule has 0 radical (unpaired) electrons. The third kappa shape index (κ3) is 2.95. The van der Waals surface area contributed by atoms with Crippen LogP contribution in [0.1, 0.15) is 34.6 Å². The number of ether oxygens (including phenoxy) is 3. The number of hydrogen-bond acceptors (Lipinski definition) is 6. The van der Waals surface area contributed by atoms with Gasteiger partial charge >= 0.3 is 5.69 Å². The van der Waals surface area contributed by atoms with Gasteiger partial charge < -0.3 is 19.1 Å². The lowest BCUT2D eigenvalue weighted by atomic mass is 9.79. The summed E-state index contributed by atoms with van der Waals surface area (Å²) in [7, 11) is 4.76. The highest BCUT2D eigenvalue weighted by atomic mass is 16.5. The molecule has 150 valence electrons. The lowest BCUT2D eigenvalue weighted by molar-refractivity contribution is -0.0937. The van der Waals surface area contributed by atoms with Gasteiger partial charge in [-0.2, -0.15) is 0 Å². The van der Waals surface area contributed by atoms with E-state index in [1.54, 1.807) is 19.1 Å². The first kappa shape index (κ1) is 18.5. The number of methoxy groups -OCH3 is 2. The number of H-pyrrole nitrogens is 1. The Kier molecular flexibility index (Phi) is 4.62. The van der Waals surface area contributed by atoms with Crippen molar-refractivity contribution in [2.45, 2.75) is 24.9 Å². The van der Waals surface area contributed by atoms with Crippen LogP contribution < -0.4 is 15.2 Å². The number of benzene rings is 1. The summed E-state index contributed by atoms with van der Waals surface area (Å²) in [6, 6.07) is 4.02. The Balaban J connectivity index is 1.58. The average Bonchev–Trinajstić information content (AvgIpc) is 3.06. The molecule has 2 aliphatic heterocycles. The maximum atomic E-state index is 12.7. The first-order valence-electron chi connectivity index (χ1n) is 9.29. The van der Waals surface area contributed by atoms with Gasteiger partial charge in [-0.15, -0.1) is 5.10 Å². The van der Waals surface area contributed by atoms with Gasteiger partial charge in [0.1, 0.15) is 0 Å². The Morgan fingerprint density at radius 2 is 1.89 bits per heavy atom. The van der Waals surface area contributed by atoms with Crippen LogP contribution in [0.2, 0.25) is 0 Å². The van der Waals surface area contributed by atoms with Crippen LogP contribution in [-0.2, 0) is 23.8 Å². The number of nitrogens with zero attached hydrogens (tertiary/aromatic N) is 3. The Morgan fingerprint density at radius 1 is 1.21 bits per heavy atom. The van der Waals surface area contributed by atoms with E-state index in [4.69, 9.17) is 14.2 Å². The molecule has 3 heterocycles. The van der Waals surface area contributed by atoms with Crippen molar-refractivity contribution in [3.8, 4) is 11.5 Å². The molecule has 0 unspecified atom stereocenters. The van der Waals surface area contributed by atoms with Crippen molar-refractivity contribution < 1.29 is 19.0 Å². The minimum Gasteiger partial charge on any atom is -0.493 e. The molecular formula is C19H24N4O5. The fourth-order valence-corrected chi connectivity index (χ4v) is 4.12. The molecule has 1 aromatic heterocycles. The van der Waals surface area contributed by atoms with Crippen LogP contribution in [-0.4, -0.2) is 59.5 Å². The SMILES string of the molecule is COc1cc2c(cc1OC)C1(CCN(C(=O)c3nn(C)c(=O)[nH]3)CC1)OCC2. The fraction of sp³-hybridized carbons (Fsp3) is 0.526. The van der Waals surface area contributed by atoms with Crippen molar-refractivity contribution in [3.05, 3.63) is 39.6 Å². The van der Waals surface area contributed by atoms with E-state index in [0.29, 0.717) is 44.0 Å². The second kappa shape index (κ2) is 6.97. The predicted octanol–water partition coefficient (Wildman–Crippen LogP) is 0.830. The minimum atomic E-state index is -0.443. The lowest BCUT2D eigenvalue weighted by Gasteiger charge is -2.45. The Morgan fingerprint density at radius 3 is 2.50 bits per heavy atom. The van der Waals surface area contributed by atoms with E-state index in [0.717, 1.165) is 16.7 Å². The largest absolute Gasteiger partial charge is 0.493 e. The number of carbonyl (C=O) groups excluding carboxylic acids is 1. The van der Waals surface area contributed by atoms with E-state index in [1.807, 2.05) is 12.1 Å². The molecule has 28 heavy (non-hydrogen) atoms. The normalized spacial score (nSPS) is 18.0. The molecule has 0 saturated carbocycles.